The van der Waals surface area contributed by atoms with E-state index in [-0.39, 0.29) is 0 Å². The second kappa shape index (κ2) is 4.96. The molecule has 6 heteroatoms. The lowest BCUT2D eigenvalue weighted by atomic mass is 10.2. The van der Waals surface area contributed by atoms with Gasteiger partial charge >= 0.3 is 0 Å². The van der Waals surface area contributed by atoms with Crippen LogP contribution in [0.4, 0.5) is 0 Å². The minimum absolute atomic E-state index is 0.437. The predicted molar refractivity (Wildman–Crippen MR) is 72.7 cm³/mol. The molecule has 0 atom stereocenters. The number of hydrogen-bond acceptors (Lipinski definition) is 4. The van der Waals surface area contributed by atoms with Crippen molar-refractivity contribution < 1.29 is 0 Å². The molecule has 1 N–H and O–H groups in total. The van der Waals surface area contributed by atoms with Gasteiger partial charge in [0.05, 0.1) is 0 Å². The number of pyridine rings is 1. The number of fused-ring (bicyclic) bond motifs is 1. The molecule has 90 valence electrons. The van der Waals surface area contributed by atoms with Crippen LogP contribution in [0.1, 0.15) is 5.56 Å². The number of aromatic nitrogens is 4. The lowest BCUT2D eigenvalue weighted by Crippen LogP contribution is -1.86. The van der Waals surface area contributed by atoms with Crippen molar-refractivity contribution in [3.8, 4) is 0 Å². The van der Waals surface area contributed by atoms with Crippen molar-refractivity contribution in [3.63, 3.8) is 0 Å². The largest absolute Gasteiger partial charge is 0.227 e. The number of hydrogen-bond donors (Lipinski definition) is 1. The molecular weight excluding hydrogens is 268 g/mol. The van der Waals surface area contributed by atoms with Gasteiger partial charge in [0.15, 0.2) is 0 Å². The summed E-state index contributed by atoms with van der Waals surface area (Å²) in [6, 6.07) is 11.9. The van der Waals surface area contributed by atoms with Crippen LogP contribution in [0.2, 0.25) is 5.15 Å². The van der Waals surface area contributed by atoms with Crippen molar-refractivity contribution in [1.82, 2.24) is 20.4 Å². The van der Waals surface area contributed by atoms with Gasteiger partial charge in [-0.25, -0.2) is 4.98 Å². The van der Waals surface area contributed by atoms with Crippen LogP contribution in [0.15, 0.2) is 41.4 Å². The molecule has 0 saturated heterocycles. The molecule has 18 heavy (non-hydrogen) atoms. The Bertz CT molecular complexity index is 668. The Morgan fingerprint density at radius 1 is 1.17 bits per heavy atom. The smallest absolute Gasteiger partial charge is 0.145 e. The topological polar surface area (TPSA) is 54.5 Å². The van der Waals surface area contributed by atoms with Crippen molar-refractivity contribution in [1.29, 1.82) is 0 Å². The summed E-state index contributed by atoms with van der Waals surface area (Å²) in [5.41, 5.74) is 2.74. The van der Waals surface area contributed by atoms with Crippen LogP contribution in [0.25, 0.3) is 11.0 Å². The van der Waals surface area contributed by atoms with Crippen molar-refractivity contribution in [3.05, 3.63) is 47.1 Å². The van der Waals surface area contributed by atoms with Gasteiger partial charge in [-0.05, 0) is 5.56 Å². The maximum Gasteiger partial charge on any atom is 0.145 e. The number of thioether (sulfide) groups is 1. The molecule has 4 nitrogen and oxygen atoms in total. The Hall–Kier alpha value is -1.59. The first kappa shape index (κ1) is 11.5. The zero-order valence-corrected chi connectivity index (χ0v) is 10.9. The van der Waals surface area contributed by atoms with E-state index in [1.54, 1.807) is 17.8 Å². The van der Waals surface area contributed by atoms with Crippen molar-refractivity contribution in [2.75, 3.05) is 0 Å². The van der Waals surface area contributed by atoms with E-state index in [1.807, 2.05) is 18.2 Å². The molecule has 0 aliphatic rings. The van der Waals surface area contributed by atoms with E-state index in [1.165, 1.54) is 5.56 Å². The summed E-state index contributed by atoms with van der Waals surface area (Å²) in [7, 11) is 0. The Kier molecular flexibility index (Phi) is 3.17. The summed E-state index contributed by atoms with van der Waals surface area (Å²) in [6.45, 7) is 0. The molecule has 0 aliphatic carbocycles. The molecule has 0 aliphatic heterocycles. The van der Waals surface area contributed by atoms with E-state index in [9.17, 15) is 0 Å². The molecule has 2 heterocycles. The fourth-order valence-corrected chi connectivity index (χ4v) is 2.80. The van der Waals surface area contributed by atoms with Crippen molar-refractivity contribution in [2.24, 2.45) is 0 Å². The molecule has 0 bridgehead atoms. The van der Waals surface area contributed by atoms with Gasteiger partial charge < -0.3 is 0 Å². The quantitative estimate of drug-likeness (QED) is 0.589. The van der Waals surface area contributed by atoms with Crippen LogP contribution >= 0.6 is 23.4 Å². The third kappa shape index (κ3) is 2.32. The second-order valence-corrected chi connectivity index (χ2v) is 5.07. The average molecular weight is 277 g/mol. The number of H-pyrrole nitrogens is 1. The maximum absolute atomic E-state index is 5.96. The highest BCUT2D eigenvalue weighted by molar-refractivity contribution is 7.98. The normalized spacial score (nSPS) is 10.9. The van der Waals surface area contributed by atoms with E-state index >= 15 is 0 Å². The van der Waals surface area contributed by atoms with Crippen molar-refractivity contribution >= 4 is 34.4 Å². The second-order valence-electron chi connectivity index (χ2n) is 3.72. The zero-order valence-electron chi connectivity index (χ0n) is 9.30. The summed E-state index contributed by atoms with van der Waals surface area (Å²) in [5, 5.41) is 11.9. The molecule has 3 rings (SSSR count). The summed E-state index contributed by atoms with van der Waals surface area (Å²) < 4.78 is 0. The van der Waals surface area contributed by atoms with Gasteiger partial charge in [-0.1, -0.05) is 53.7 Å². The number of rotatable bonds is 3. The molecule has 1 aromatic carbocycles. The van der Waals surface area contributed by atoms with Gasteiger partial charge in [0.25, 0.3) is 0 Å². The standard InChI is InChI=1S/C12H9ClN4S/c13-10-6-9-11(16-17-15-9)12(14-10)18-7-8-4-2-1-3-5-8/h1-6H,7H2,(H,15,16,17). The van der Waals surface area contributed by atoms with Crippen molar-refractivity contribution in [2.45, 2.75) is 10.8 Å². The third-order valence-corrected chi connectivity index (χ3v) is 3.69. The lowest BCUT2D eigenvalue weighted by Gasteiger charge is -2.02. The summed E-state index contributed by atoms with van der Waals surface area (Å²) in [4.78, 5) is 4.29. The number of nitrogens with zero attached hydrogens (tertiary/aromatic N) is 3. The van der Waals surface area contributed by atoms with Gasteiger partial charge in [-0.3, -0.25) is 0 Å². The minimum Gasteiger partial charge on any atom is -0.227 e. The fourth-order valence-electron chi connectivity index (χ4n) is 1.62. The number of benzene rings is 1. The first-order valence-electron chi connectivity index (χ1n) is 5.37. The molecule has 0 radical (unpaired) electrons. The van der Waals surface area contributed by atoms with Gasteiger partial charge in [-0.2, -0.15) is 15.4 Å². The SMILES string of the molecule is Clc1cc2n[nH]nc2c(SCc2ccccc2)n1. The third-order valence-electron chi connectivity index (χ3n) is 2.46. The highest BCUT2D eigenvalue weighted by Gasteiger charge is 2.09. The fraction of sp³-hybridized carbons (Fsp3) is 0.0833. The molecule has 2 aromatic heterocycles. The van der Waals surface area contributed by atoms with E-state index in [0.717, 1.165) is 21.8 Å². The first-order chi connectivity index (χ1) is 8.83. The molecule has 3 aromatic rings. The van der Waals surface area contributed by atoms with Gasteiger partial charge in [0.2, 0.25) is 0 Å². The summed E-state index contributed by atoms with van der Waals surface area (Å²) >= 11 is 7.56. The molecule has 0 fully saturated rings. The minimum atomic E-state index is 0.437. The monoisotopic (exact) mass is 276 g/mol. The Labute approximate surface area is 113 Å². The molecule has 0 spiro atoms. The highest BCUT2D eigenvalue weighted by atomic mass is 35.5. The number of aromatic amines is 1. The number of nitrogens with one attached hydrogen (secondary N) is 1. The Balaban J connectivity index is 1.88. The van der Waals surface area contributed by atoms with Crippen LogP contribution in [0.5, 0.6) is 0 Å². The summed E-state index contributed by atoms with van der Waals surface area (Å²) in [5.74, 6) is 0.830. The van der Waals surface area contributed by atoms with Crippen LogP contribution in [-0.4, -0.2) is 20.4 Å². The molecule has 0 unspecified atom stereocenters. The predicted octanol–water partition coefficient (Wildman–Crippen LogP) is 3.30. The molecule has 0 saturated carbocycles. The molecule has 0 amide bonds. The van der Waals surface area contributed by atoms with E-state index in [4.69, 9.17) is 11.6 Å². The lowest BCUT2D eigenvalue weighted by molar-refractivity contribution is 0.954. The van der Waals surface area contributed by atoms with Gasteiger partial charge in [0, 0.05) is 11.8 Å². The van der Waals surface area contributed by atoms with Crippen LogP contribution in [-0.2, 0) is 5.75 Å². The van der Waals surface area contributed by atoms with E-state index in [0.29, 0.717) is 5.15 Å². The summed E-state index contributed by atoms with van der Waals surface area (Å²) in [6.07, 6.45) is 0. The average Bonchev–Trinajstić information content (AvgIpc) is 2.85. The van der Waals surface area contributed by atoms with Crippen LogP contribution in [0.3, 0.4) is 0 Å². The van der Waals surface area contributed by atoms with Crippen LogP contribution in [0, 0.1) is 0 Å². The maximum atomic E-state index is 5.96. The highest BCUT2D eigenvalue weighted by Crippen LogP contribution is 2.28. The zero-order chi connectivity index (χ0) is 12.4. The van der Waals surface area contributed by atoms with E-state index in [2.05, 4.69) is 32.5 Å². The van der Waals surface area contributed by atoms with Crippen LogP contribution < -0.4 is 0 Å². The van der Waals surface area contributed by atoms with Gasteiger partial charge in [-0.15, -0.1) is 0 Å². The van der Waals surface area contributed by atoms with Gasteiger partial charge in [0.1, 0.15) is 21.2 Å². The molecular formula is C12H9ClN4S. The first-order valence-corrected chi connectivity index (χ1v) is 6.73. The number of halogens is 1. The Morgan fingerprint density at radius 3 is 2.83 bits per heavy atom. The van der Waals surface area contributed by atoms with E-state index < -0.39 is 0 Å². The Morgan fingerprint density at radius 2 is 2.00 bits per heavy atom.